The van der Waals surface area contributed by atoms with Gasteiger partial charge in [-0.2, -0.15) is 0 Å². The normalized spacial score (nSPS) is 17.3. The van der Waals surface area contributed by atoms with Crippen LogP contribution in [0, 0.1) is 5.92 Å². The third-order valence-corrected chi connectivity index (χ3v) is 2.63. The highest BCUT2D eigenvalue weighted by molar-refractivity contribution is 5.78. The van der Waals surface area contributed by atoms with E-state index in [1.54, 1.807) is 0 Å². The van der Waals surface area contributed by atoms with Gasteiger partial charge in [0.2, 0.25) is 11.8 Å². The predicted octanol–water partition coefficient (Wildman–Crippen LogP) is -0.632. The number of amides is 2. The second-order valence-corrected chi connectivity index (χ2v) is 3.96. The Balaban J connectivity index is 2.09. The molecule has 0 saturated carbocycles. The van der Waals surface area contributed by atoms with Crippen molar-refractivity contribution in [1.82, 2.24) is 10.6 Å². The molecule has 4 N–H and O–H groups in total. The van der Waals surface area contributed by atoms with Crippen molar-refractivity contribution in [3.63, 3.8) is 0 Å². The van der Waals surface area contributed by atoms with Gasteiger partial charge in [-0.1, -0.05) is 0 Å². The van der Waals surface area contributed by atoms with Crippen LogP contribution in [-0.4, -0.2) is 31.4 Å². The maximum absolute atomic E-state index is 11.4. The number of primary amides is 1. The van der Waals surface area contributed by atoms with E-state index in [1.807, 2.05) is 0 Å². The molecule has 5 nitrogen and oxygen atoms in total. The number of carbonyl (C=O) groups is 2. The van der Waals surface area contributed by atoms with Crippen LogP contribution in [0.3, 0.4) is 0 Å². The lowest BCUT2D eigenvalue weighted by Crippen LogP contribution is -2.33. The molecule has 1 rings (SSSR count). The summed E-state index contributed by atoms with van der Waals surface area (Å²) in [6.45, 7) is 2.36. The molecule has 0 atom stereocenters. The molecule has 1 heterocycles. The van der Waals surface area contributed by atoms with Crippen LogP contribution in [0.4, 0.5) is 0 Å². The van der Waals surface area contributed by atoms with Gasteiger partial charge in [-0.25, -0.2) is 0 Å². The predicted molar refractivity (Wildman–Crippen MR) is 57.0 cm³/mol. The van der Waals surface area contributed by atoms with Gasteiger partial charge in [0.25, 0.3) is 0 Å². The molecule has 15 heavy (non-hydrogen) atoms. The summed E-state index contributed by atoms with van der Waals surface area (Å²) in [7, 11) is 0. The van der Waals surface area contributed by atoms with Crippen LogP contribution in [0.2, 0.25) is 0 Å². The van der Waals surface area contributed by atoms with Crippen molar-refractivity contribution >= 4 is 11.8 Å². The molecule has 0 aromatic rings. The van der Waals surface area contributed by atoms with Crippen molar-refractivity contribution in [2.45, 2.75) is 25.7 Å². The number of piperidine rings is 1. The van der Waals surface area contributed by atoms with Crippen LogP contribution in [0.15, 0.2) is 0 Å². The quantitative estimate of drug-likeness (QED) is 0.568. The topological polar surface area (TPSA) is 84.2 Å². The van der Waals surface area contributed by atoms with E-state index >= 15 is 0 Å². The molecule has 1 saturated heterocycles. The van der Waals surface area contributed by atoms with E-state index in [-0.39, 0.29) is 18.2 Å². The zero-order valence-electron chi connectivity index (χ0n) is 8.92. The summed E-state index contributed by atoms with van der Waals surface area (Å²) in [6.07, 6.45) is 2.91. The van der Waals surface area contributed by atoms with E-state index in [9.17, 15) is 9.59 Å². The fourth-order valence-corrected chi connectivity index (χ4v) is 1.75. The average molecular weight is 213 g/mol. The summed E-state index contributed by atoms with van der Waals surface area (Å²) < 4.78 is 0. The minimum Gasteiger partial charge on any atom is -0.370 e. The Hall–Kier alpha value is -1.10. The van der Waals surface area contributed by atoms with Gasteiger partial charge in [0.05, 0.1) is 0 Å². The summed E-state index contributed by atoms with van der Waals surface area (Å²) in [5.41, 5.74) is 4.96. The summed E-state index contributed by atoms with van der Waals surface area (Å²) in [5.74, 6) is 0.139. The van der Waals surface area contributed by atoms with E-state index in [4.69, 9.17) is 5.73 Å². The molecule has 2 amide bonds. The highest BCUT2D eigenvalue weighted by Crippen LogP contribution is 2.15. The average Bonchev–Trinajstić information content (AvgIpc) is 2.18. The SMILES string of the molecule is NC(=O)CCNC(=O)CC1CCNCC1. The zero-order valence-corrected chi connectivity index (χ0v) is 8.92. The summed E-state index contributed by atoms with van der Waals surface area (Å²) in [4.78, 5) is 21.8. The number of carbonyl (C=O) groups excluding carboxylic acids is 2. The number of hydrogen-bond acceptors (Lipinski definition) is 3. The third kappa shape index (κ3) is 5.37. The number of rotatable bonds is 5. The monoisotopic (exact) mass is 213 g/mol. The fourth-order valence-electron chi connectivity index (χ4n) is 1.75. The molecule has 0 aromatic heterocycles. The Kier molecular flexibility index (Phi) is 5.10. The van der Waals surface area contributed by atoms with Gasteiger partial charge < -0.3 is 16.4 Å². The standard InChI is InChI=1S/C10H19N3O2/c11-9(14)3-6-13-10(15)7-8-1-4-12-5-2-8/h8,12H,1-7H2,(H2,11,14)(H,13,15). The molecule has 5 heteroatoms. The molecular formula is C10H19N3O2. The van der Waals surface area contributed by atoms with E-state index in [2.05, 4.69) is 10.6 Å². The number of nitrogens with one attached hydrogen (secondary N) is 2. The van der Waals surface area contributed by atoms with E-state index in [0.29, 0.717) is 18.9 Å². The zero-order chi connectivity index (χ0) is 11.1. The Morgan fingerprint density at radius 1 is 1.33 bits per heavy atom. The second kappa shape index (κ2) is 6.40. The van der Waals surface area contributed by atoms with Crippen molar-refractivity contribution < 1.29 is 9.59 Å². The van der Waals surface area contributed by atoms with E-state index < -0.39 is 0 Å². The number of nitrogens with two attached hydrogens (primary N) is 1. The summed E-state index contributed by atoms with van der Waals surface area (Å²) >= 11 is 0. The third-order valence-electron chi connectivity index (χ3n) is 2.63. The van der Waals surface area contributed by atoms with Crippen LogP contribution in [-0.2, 0) is 9.59 Å². The van der Waals surface area contributed by atoms with Crippen LogP contribution < -0.4 is 16.4 Å². The highest BCUT2D eigenvalue weighted by Gasteiger charge is 2.16. The van der Waals surface area contributed by atoms with Crippen LogP contribution in [0.1, 0.15) is 25.7 Å². The van der Waals surface area contributed by atoms with Crippen LogP contribution in [0.25, 0.3) is 0 Å². The molecule has 1 aliphatic heterocycles. The maximum atomic E-state index is 11.4. The van der Waals surface area contributed by atoms with Crippen molar-refractivity contribution in [3.05, 3.63) is 0 Å². The lowest BCUT2D eigenvalue weighted by molar-refractivity contribution is -0.122. The first-order valence-corrected chi connectivity index (χ1v) is 5.44. The van der Waals surface area contributed by atoms with E-state index in [1.165, 1.54) is 0 Å². The maximum Gasteiger partial charge on any atom is 0.220 e. The highest BCUT2D eigenvalue weighted by atomic mass is 16.2. The minimum atomic E-state index is -0.378. The van der Waals surface area contributed by atoms with E-state index in [0.717, 1.165) is 25.9 Å². The molecule has 0 aromatic carbocycles. The van der Waals surface area contributed by atoms with Crippen molar-refractivity contribution in [2.24, 2.45) is 11.7 Å². The lowest BCUT2D eigenvalue weighted by Gasteiger charge is -2.21. The molecule has 86 valence electrons. The molecule has 0 spiro atoms. The summed E-state index contributed by atoms with van der Waals surface area (Å²) in [6, 6.07) is 0. The molecule has 0 unspecified atom stereocenters. The Labute approximate surface area is 89.8 Å². The van der Waals surface area contributed by atoms with Crippen molar-refractivity contribution in [1.29, 1.82) is 0 Å². The Morgan fingerprint density at radius 3 is 2.60 bits per heavy atom. The van der Waals surface area contributed by atoms with Crippen LogP contribution in [0.5, 0.6) is 0 Å². The van der Waals surface area contributed by atoms with Gasteiger partial charge in [-0.05, 0) is 31.8 Å². The minimum absolute atomic E-state index is 0.0307. The molecule has 1 aliphatic rings. The largest absolute Gasteiger partial charge is 0.370 e. The Morgan fingerprint density at radius 2 is 2.00 bits per heavy atom. The first-order valence-electron chi connectivity index (χ1n) is 5.44. The van der Waals surface area contributed by atoms with Gasteiger partial charge in [-0.3, -0.25) is 9.59 Å². The molecule has 1 fully saturated rings. The van der Waals surface area contributed by atoms with Gasteiger partial charge >= 0.3 is 0 Å². The number of hydrogen-bond donors (Lipinski definition) is 3. The van der Waals surface area contributed by atoms with Gasteiger partial charge in [-0.15, -0.1) is 0 Å². The van der Waals surface area contributed by atoms with Gasteiger partial charge in [0.1, 0.15) is 0 Å². The first kappa shape index (κ1) is 12.0. The Bertz CT molecular complexity index is 225. The molecule has 0 bridgehead atoms. The van der Waals surface area contributed by atoms with Crippen LogP contribution >= 0.6 is 0 Å². The molecule has 0 aliphatic carbocycles. The first-order chi connectivity index (χ1) is 7.18. The van der Waals surface area contributed by atoms with Gasteiger partial charge in [0.15, 0.2) is 0 Å². The molecular weight excluding hydrogens is 194 g/mol. The lowest BCUT2D eigenvalue weighted by atomic mass is 9.94. The fraction of sp³-hybridized carbons (Fsp3) is 0.800. The van der Waals surface area contributed by atoms with Crippen molar-refractivity contribution in [3.8, 4) is 0 Å². The second-order valence-electron chi connectivity index (χ2n) is 3.96. The van der Waals surface area contributed by atoms with Crippen molar-refractivity contribution in [2.75, 3.05) is 19.6 Å². The molecule has 0 radical (unpaired) electrons. The summed E-state index contributed by atoms with van der Waals surface area (Å²) in [5, 5.41) is 5.95. The van der Waals surface area contributed by atoms with Gasteiger partial charge in [0, 0.05) is 19.4 Å². The smallest absolute Gasteiger partial charge is 0.220 e.